The SMILES string of the molecule is CNCc1ccc(N(CC(F)(F)F)C2CC2)nc1C. The first-order valence-electron chi connectivity index (χ1n) is 6.35. The molecule has 1 fully saturated rings. The fourth-order valence-electron chi connectivity index (χ4n) is 2.09. The van der Waals surface area contributed by atoms with Crippen LogP contribution >= 0.6 is 0 Å². The second kappa shape index (κ2) is 5.36. The van der Waals surface area contributed by atoms with Crippen LogP contribution in [0.15, 0.2) is 12.1 Å². The first kappa shape index (κ1) is 14.1. The van der Waals surface area contributed by atoms with Crippen LogP contribution in [0.1, 0.15) is 24.1 Å². The summed E-state index contributed by atoms with van der Waals surface area (Å²) in [7, 11) is 1.83. The normalized spacial score (nSPS) is 15.6. The van der Waals surface area contributed by atoms with Crippen molar-refractivity contribution in [1.82, 2.24) is 10.3 Å². The number of hydrogen-bond donors (Lipinski definition) is 1. The van der Waals surface area contributed by atoms with Gasteiger partial charge in [-0.1, -0.05) is 6.07 Å². The maximum Gasteiger partial charge on any atom is 0.405 e. The molecule has 1 N–H and O–H groups in total. The highest BCUT2D eigenvalue weighted by Gasteiger charge is 2.38. The third-order valence-corrected chi connectivity index (χ3v) is 3.18. The number of hydrogen-bond acceptors (Lipinski definition) is 3. The Hall–Kier alpha value is -1.30. The zero-order valence-electron chi connectivity index (χ0n) is 11.1. The summed E-state index contributed by atoms with van der Waals surface area (Å²) in [6.45, 7) is 1.58. The minimum atomic E-state index is -4.19. The number of alkyl halides is 3. The van der Waals surface area contributed by atoms with E-state index in [0.29, 0.717) is 12.4 Å². The predicted molar refractivity (Wildman–Crippen MR) is 68.2 cm³/mol. The van der Waals surface area contributed by atoms with Gasteiger partial charge < -0.3 is 10.2 Å². The van der Waals surface area contributed by atoms with Gasteiger partial charge >= 0.3 is 6.18 Å². The summed E-state index contributed by atoms with van der Waals surface area (Å²) in [6.07, 6.45) is -2.56. The zero-order chi connectivity index (χ0) is 14.0. The highest BCUT2D eigenvalue weighted by molar-refractivity contribution is 5.44. The van der Waals surface area contributed by atoms with E-state index in [1.165, 1.54) is 4.90 Å². The minimum Gasteiger partial charge on any atom is -0.345 e. The van der Waals surface area contributed by atoms with Crippen molar-refractivity contribution in [1.29, 1.82) is 0 Å². The predicted octanol–water partition coefficient (Wildman–Crippen LogP) is 2.64. The van der Waals surface area contributed by atoms with Crippen LogP contribution in [0.25, 0.3) is 0 Å². The van der Waals surface area contributed by atoms with E-state index in [-0.39, 0.29) is 6.04 Å². The molecule has 106 valence electrons. The fraction of sp³-hybridized carbons (Fsp3) is 0.615. The van der Waals surface area contributed by atoms with E-state index < -0.39 is 12.7 Å². The van der Waals surface area contributed by atoms with Gasteiger partial charge in [-0.2, -0.15) is 13.2 Å². The van der Waals surface area contributed by atoms with Crippen LogP contribution in [0, 0.1) is 6.92 Å². The molecule has 0 spiro atoms. The Labute approximate surface area is 110 Å². The van der Waals surface area contributed by atoms with Crippen molar-refractivity contribution in [2.24, 2.45) is 0 Å². The Morgan fingerprint density at radius 1 is 1.37 bits per heavy atom. The molecule has 0 amide bonds. The van der Waals surface area contributed by atoms with E-state index in [9.17, 15) is 13.2 Å². The lowest BCUT2D eigenvalue weighted by molar-refractivity contribution is -0.120. The van der Waals surface area contributed by atoms with Crippen molar-refractivity contribution in [3.63, 3.8) is 0 Å². The molecule has 0 aromatic carbocycles. The number of aromatic nitrogens is 1. The molecule has 0 saturated heterocycles. The number of rotatable bonds is 5. The number of pyridine rings is 1. The molecule has 19 heavy (non-hydrogen) atoms. The van der Waals surface area contributed by atoms with Crippen LogP contribution in [-0.4, -0.2) is 30.8 Å². The Bertz CT molecular complexity index is 441. The largest absolute Gasteiger partial charge is 0.405 e. The molecule has 1 heterocycles. The third-order valence-electron chi connectivity index (χ3n) is 3.18. The van der Waals surface area contributed by atoms with E-state index in [1.807, 2.05) is 20.0 Å². The van der Waals surface area contributed by atoms with Crippen LogP contribution in [0.2, 0.25) is 0 Å². The molecule has 0 bridgehead atoms. The molecule has 1 aromatic heterocycles. The molecule has 0 unspecified atom stereocenters. The van der Waals surface area contributed by atoms with Gasteiger partial charge in [-0.15, -0.1) is 0 Å². The van der Waals surface area contributed by atoms with Gasteiger partial charge in [-0.25, -0.2) is 4.98 Å². The molecule has 0 atom stereocenters. The second-order valence-electron chi connectivity index (χ2n) is 4.92. The molecule has 0 aliphatic heterocycles. The number of halogens is 3. The summed E-state index contributed by atoms with van der Waals surface area (Å²) >= 11 is 0. The maximum atomic E-state index is 12.6. The Morgan fingerprint density at radius 2 is 2.05 bits per heavy atom. The van der Waals surface area contributed by atoms with Gasteiger partial charge in [-0.05, 0) is 38.4 Å². The summed E-state index contributed by atoms with van der Waals surface area (Å²) in [5, 5.41) is 3.01. The summed E-state index contributed by atoms with van der Waals surface area (Å²) in [5.74, 6) is 0.428. The number of nitrogens with one attached hydrogen (secondary N) is 1. The van der Waals surface area contributed by atoms with Crippen LogP contribution < -0.4 is 10.2 Å². The molecule has 2 rings (SSSR count). The summed E-state index contributed by atoms with van der Waals surface area (Å²) in [4.78, 5) is 5.69. The zero-order valence-corrected chi connectivity index (χ0v) is 11.1. The maximum absolute atomic E-state index is 12.6. The Morgan fingerprint density at radius 3 is 2.53 bits per heavy atom. The van der Waals surface area contributed by atoms with Crippen LogP contribution in [-0.2, 0) is 6.54 Å². The average Bonchev–Trinajstić information content (AvgIpc) is 3.12. The van der Waals surface area contributed by atoms with Gasteiger partial charge in [0.15, 0.2) is 0 Å². The van der Waals surface area contributed by atoms with Gasteiger partial charge in [0.05, 0.1) is 0 Å². The second-order valence-corrected chi connectivity index (χ2v) is 4.92. The van der Waals surface area contributed by atoms with Crippen molar-refractivity contribution in [3.8, 4) is 0 Å². The molecule has 1 aromatic rings. The lowest BCUT2D eigenvalue weighted by atomic mass is 10.2. The summed E-state index contributed by atoms with van der Waals surface area (Å²) in [5.41, 5.74) is 1.79. The van der Waals surface area contributed by atoms with Gasteiger partial charge in [-0.3, -0.25) is 0 Å². The quantitative estimate of drug-likeness (QED) is 0.894. The lowest BCUT2D eigenvalue weighted by Gasteiger charge is -2.25. The number of nitrogens with zero attached hydrogens (tertiary/aromatic N) is 2. The molecule has 3 nitrogen and oxygen atoms in total. The van der Waals surface area contributed by atoms with E-state index in [2.05, 4.69) is 10.3 Å². The van der Waals surface area contributed by atoms with Crippen LogP contribution in [0.5, 0.6) is 0 Å². The molecular weight excluding hydrogens is 255 g/mol. The molecule has 6 heteroatoms. The van der Waals surface area contributed by atoms with E-state index >= 15 is 0 Å². The van der Waals surface area contributed by atoms with Crippen molar-refractivity contribution in [2.75, 3.05) is 18.5 Å². The van der Waals surface area contributed by atoms with Crippen molar-refractivity contribution >= 4 is 5.82 Å². The van der Waals surface area contributed by atoms with E-state index in [4.69, 9.17) is 0 Å². The topological polar surface area (TPSA) is 28.2 Å². The first-order valence-corrected chi connectivity index (χ1v) is 6.35. The van der Waals surface area contributed by atoms with Gasteiger partial charge in [0.25, 0.3) is 0 Å². The van der Waals surface area contributed by atoms with Crippen molar-refractivity contribution in [2.45, 2.75) is 38.5 Å². The standard InChI is InChI=1S/C13H18F3N3/c1-9-10(7-17-2)3-6-12(18-9)19(11-4-5-11)8-13(14,15)16/h3,6,11,17H,4-5,7-8H2,1-2H3. The smallest absolute Gasteiger partial charge is 0.345 e. The summed E-state index contributed by atoms with van der Waals surface area (Å²) in [6, 6.07) is 3.52. The van der Waals surface area contributed by atoms with Gasteiger partial charge in [0, 0.05) is 18.3 Å². The average molecular weight is 273 g/mol. The monoisotopic (exact) mass is 273 g/mol. The highest BCUT2D eigenvalue weighted by atomic mass is 19.4. The van der Waals surface area contributed by atoms with Gasteiger partial charge in [0.1, 0.15) is 12.4 Å². The Kier molecular flexibility index (Phi) is 3.99. The fourth-order valence-corrected chi connectivity index (χ4v) is 2.09. The minimum absolute atomic E-state index is 0.0105. The number of anilines is 1. The van der Waals surface area contributed by atoms with E-state index in [1.54, 1.807) is 6.07 Å². The molecule has 1 aliphatic carbocycles. The Balaban J connectivity index is 2.20. The first-order chi connectivity index (χ1) is 8.90. The highest BCUT2D eigenvalue weighted by Crippen LogP contribution is 2.33. The number of aryl methyl sites for hydroxylation is 1. The van der Waals surface area contributed by atoms with Gasteiger partial charge in [0.2, 0.25) is 0 Å². The summed E-state index contributed by atoms with van der Waals surface area (Å²) < 4.78 is 37.8. The molecule has 0 radical (unpaired) electrons. The van der Waals surface area contributed by atoms with Crippen LogP contribution in [0.4, 0.5) is 19.0 Å². The van der Waals surface area contributed by atoms with Crippen molar-refractivity contribution < 1.29 is 13.2 Å². The molecular formula is C13H18F3N3. The third kappa shape index (κ3) is 3.83. The van der Waals surface area contributed by atoms with Crippen LogP contribution in [0.3, 0.4) is 0 Å². The molecule has 1 saturated carbocycles. The van der Waals surface area contributed by atoms with E-state index in [0.717, 1.165) is 24.1 Å². The molecule has 1 aliphatic rings. The van der Waals surface area contributed by atoms with Crippen molar-refractivity contribution in [3.05, 3.63) is 23.4 Å². The lowest BCUT2D eigenvalue weighted by Crippen LogP contribution is -2.36.